The van der Waals surface area contributed by atoms with Crippen LogP contribution in [0.15, 0.2) is 35.6 Å². The summed E-state index contributed by atoms with van der Waals surface area (Å²) < 4.78 is 38.2. The van der Waals surface area contributed by atoms with Gasteiger partial charge in [0.25, 0.3) is 0 Å². The average molecular weight is 390 g/mol. The van der Waals surface area contributed by atoms with Gasteiger partial charge >= 0.3 is 6.18 Å². The van der Waals surface area contributed by atoms with E-state index in [1.807, 2.05) is 0 Å². The van der Waals surface area contributed by atoms with Gasteiger partial charge in [0.1, 0.15) is 12.2 Å². The predicted molar refractivity (Wildman–Crippen MR) is 99.6 cm³/mol. The molecule has 0 atom stereocenters. The van der Waals surface area contributed by atoms with Crippen molar-refractivity contribution in [2.24, 2.45) is 4.99 Å². The zero-order valence-corrected chi connectivity index (χ0v) is 15.4. The molecule has 6 nitrogen and oxygen atoms in total. The number of nitrogens with one attached hydrogen (secondary N) is 2. The Morgan fingerprint density at radius 1 is 1.36 bits per heavy atom. The Kier molecular flexibility index (Phi) is 6.19. The number of guanidine groups is 1. The lowest BCUT2D eigenvalue weighted by Crippen LogP contribution is -2.45. The van der Waals surface area contributed by atoms with Crippen molar-refractivity contribution in [2.45, 2.75) is 24.9 Å². The van der Waals surface area contributed by atoms with Gasteiger partial charge in [-0.25, -0.2) is 4.98 Å². The first-order chi connectivity index (χ1) is 13.5. The van der Waals surface area contributed by atoms with Crippen molar-refractivity contribution in [2.75, 3.05) is 26.7 Å². The lowest BCUT2D eigenvalue weighted by molar-refractivity contribution is -0.137. The van der Waals surface area contributed by atoms with E-state index in [0.717, 1.165) is 49.8 Å². The molecule has 1 saturated heterocycles. The van der Waals surface area contributed by atoms with E-state index < -0.39 is 11.7 Å². The van der Waals surface area contributed by atoms with Crippen molar-refractivity contribution in [1.82, 2.24) is 25.4 Å². The fraction of sp³-hybridized carbons (Fsp3) is 0.421. The van der Waals surface area contributed by atoms with Gasteiger partial charge in [-0.3, -0.25) is 10.1 Å². The zero-order chi connectivity index (χ0) is 20.0. The van der Waals surface area contributed by atoms with Gasteiger partial charge in [0.15, 0.2) is 5.96 Å². The van der Waals surface area contributed by atoms with Crippen molar-refractivity contribution >= 4 is 5.96 Å². The van der Waals surface area contributed by atoms with Gasteiger partial charge in [-0.15, -0.1) is 0 Å². The van der Waals surface area contributed by atoms with E-state index in [4.69, 9.17) is 0 Å². The number of nitrogens with zero attached hydrogens (tertiary/aromatic N) is 4. The molecule has 148 valence electrons. The van der Waals surface area contributed by atoms with Crippen LogP contribution in [0.3, 0.4) is 0 Å². The maximum atomic E-state index is 12.7. The highest BCUT2D eigenvalue weighted by atomic mass is 19.4. The number of halogens is 3. The number of hydrogen-bond donors (Lipinski definition) is 2. The van der Waals surface area contributed by atoms with Crippen LogP contribution < -0.4 is 5.32 Å². The Morgan fingerprint density at radius 3 is 2.79 bits per heavy atom. The van der Waals surface area contributed by atoms with Crippen LogP contribution in [0.5, 0.6) is 0 Å². The molecule has 28 heavy (non-hydrogen) atoms. The summed E-state index contributed by atoms with van der Waals surface area (Å²) in [5.74, 6) is 7.62. The second-order valence-corrected chi connectivity index (χ2v) is 6.41. The number of H-pyrrole nitrogens is 1. The number of rotatable bonds is 2. The third kappa shape index (κ3) is 5.03. The molecule has 0 bridgehead atoms. The van der Waals surface area contributed by atoms with E-state index in [0.29, 0.717) is 18.0 Å². The fourth-order valence-corrected chi connectivity index (χ4v) is 3.15. The largest absolute Gasteiger partial charge is 0.416 e. The van der Waals surface area contributed by atoms with Gasteiger partial charge in [-0.2, -0.15) is 18.3 Å². The van der Waals surface area contributed by atoms with Crippen molar-refractivity contribution in [3.63, 3.8) is 0 Å². The molecule has 1 fully saturated rings. The van der Waals surface area contributed by atoms with Crippen LogP contribution in [-0.4, -0.2) is 52.7 Å². The summed E-state index contributed by atoms with van der Waals surface area (Å²) in [6, 6.07) is 5.01. The normalized spacial score (nSPS) is 15.9. The first kappa shape index (κ1) is 19.7. The smallest absolute Gasteiger partial charge is 0.345 e. The molecule has 0 saturated carbocycles. The van der Waals surface area contributed by atoms with Crippen molar-refractivity contribution in [3.05, 3.63) is 47.5 Å². The standard InChI is InChI=1S/C19H21F3N6/c1-23-18(28-10-7-15(8-11-28)17-25-13-26-27-17)24-9-3-5-14-4-2-6-16(12-14)19(20,21)22/h2,4,6,12-13,15H,7-11H2,1H3,(H,23,24)(H,25,26,27). The van der Waals surface area contributed by atoms with Gasteiger partial charge in [0.2, 0.25) is 0 Å². The molecule has 9 heteroatoms. The monoisotopic (exact) mass is 390 g/mol. The van der Waals surface area contributed by atoms with E-state index >= 15 is 0 Å². The Morgan fingerprint density at radius 2 is 2.14 bits per heavy atom. The van der Waals surface area contributed by atoms with Crippen molar-refractivity contribution in [1.29, 1.82) is 0 Å². The predicted octanol–water partition coefficient (Wildman–Crippen LogP) is 2.63. The minimum absolute atomic E-state index is 0.297. The van der Waals surface area contributed by atoms with Gasteiger partial charge in [-0.05, 0) is 31.0 Å². The molecule has 0 aliphatic carbocycles. The van der Waals surface area contributed by atoms with Crippen LogP contribution in [0.1, 0.15) is 35.7 Å². The molecule has 1 aliphatic heterocycles. The minimum atomic E-state index is -4.37. The number of hydrogen-bond acceptors (Lipinski definition) is 3. The molecule has 1 aromatic carbocycles. The van der Waals surface area contributed by atoms with Gasteiger partial charge in [0, 0.05) is 31.6 Å². The fourth-order valence-electron chi connectivity index (χ4n) is 3.15. The topological polar surface area (TPSA) is 69.2 Å². The van der Waals surface area contributed by atoms with E-state index in [-0.39, 0.29) is 0 Å². The Labute approximate surface area is 161 Å². The van der Waals surface area contributed by atoms with Crippen LogP contribution in [0, 0.1) is 11.8 Å². The van der Waals surface area contributed by atoms with Crippen LogP contribution in [0.2, 0.25) is 0 Å². The SMILES string of the molecule is CN=C(NCC#Cc1cccc(C(F)(F)F)c1)N1CCC(c2ncn[nH]2)CC1. The second-order valence-electron chi connectivity index (χ2n) is 6.41. The first-order valence-electron chi connectivity index (χ1n) is 8.94. The van der Waals surface area contributed by atoms with Crippen LogP contribution >= 0.6 is 0 Å². The third-order valence-electron chi connectivity index (χ3n) is 4.58. The molecule has 3 rings (SSSR count). The molecule has 2 N–H and O–H groups in total. The van der Waals surface area contributed by atoms with E-state index in [1.165, 1.54) is 12.4 Å². The number of alkyl halides is 3. The molecular weight excluding hydrogens is 369 g/mol. The Balaban J connectivity index is 1.51. The summed E-state index contributed by atoms with van der Waals surface area (Å²) >= 11 is 0. The summed E-state index contributed by atoms with van der Waals surface area (Å²) in [5, 5.41) is 9.97. The summed E-state index contributed by atoms with van der Waals surface area (Å²) in [6.07, 6.45) is -0.974. The van der Waals surface area contributed by atoms with Crippen LogP contribution in [0.4, 0.5) is 13.2 Å². The maximum absolute atomic E-state index is 12.7. The van der Waals surface area contributed by atoms with E-state index in [9.17, 15) is 13.2 Å². The highest BCUT2D eigenvalue weighted by molar-refractivity contribution is 5.80. The second kappa shape index (κ2) is 8.78. The summed E-state index contributed by atoms with van der Waals surface area (Å²) in [4.78, 5) is 10.6. The molecule has 1 aromatic heterocycles. The average Bonchev–Trinajstić information content (AvgIpc) is 3.23. The number of aromatic nitrogens is 3. The van der Waals surface area contributed by atoms with Gasteiger partial charge in [-0.1, -0.05) is 17.9 Å². The zero-order valence-electron chi connectivity index (χ0n) is 15.4. The summed E-state index contributed by atoms with van der Waals surface area (Å²) in [5.41, 5.74) is -0.364. The number of aromatic amines is 1. The summed E-state index contributed by atoms with van der Waals surface area (Å²) in [6.45, 7) is 1.95. The molecule has 0 spiro atoms. The molecule has 2 aromatic rings. The van der Waals surface area contributed by atoms with Gasteiger partial charge in [0.05, 0.1) is 12.1 Å². The van der Waals surface area contributed by atoms with E-state index in [2.05, 4.69) is 42.2 Å². The first-order valence-corrected chi connectivity index (χ1v) is 8.94. The minimum Gasteiger partial charge on any atom is -0.345 e. The molecular formula is C19H21F3N6. The Bertz CT molecular complexity index is 856. The van der Waals surface area contributed by atoms with Crippen molar-refractivity contribution < 1.29 is 13.2 Å². The number of benzene rings is 1. The third-order valence-corrected chi connectivity index (χ3v) is 4.58. The number of likely N-dealkylation sites (tertiary alicyclic amines) is 1. The summed E-state index contributed by atoms with van der Waals surface area (Å²) in [7, 11) is 1.70. The van der Waals surface area contributed by atoms with E-state index in [1.54, 1.807) is 13.1 Å². The Hall–Kier alpha value is -3.02. The highest BCUT2D eigenvalue weighted by Gasteiger charge is 2.30. The lowest BCUT2D eigenvalue weighted by Gasteiger charge is -2.33. The molecule has 0 amide bonds. The van der Waals surface area contributed by atoms with Gasteiger partial charge < -0.3 is 10.2 Å². The molecule has 0 unspecified atom stereocenters. The molecule has 0 radical (unpaired) electrons. The quantitative estimate of drug-likeness (QED) is 0.470. The number of piperidine rings is 1. The highest BCUT2D eigenvalue weighted by Crippen LogP contribution is 2.29. The molecule has 1 aliphatic rings. The maximum Gasteiger partial charge on any atom is 0.416 e. The lowest BCUT2D eigenvalue weighted by atomic mass is 9.96. The number of aliphatic imine (C=N–C) groups is 1. The molecule has 2 heterocycles. The van der Waals surface area contributed by atoms with Crippen LogP contribution in [-0.2, 0) is 6.18 Å². The van der Waals surface area contributed by atoms with Crippen molar-refractivity contribution in [3.8, 4) is 11.8 Å². The van der Waals surface area contributed by atoms with Crippen LogP contribution in [0.25, 0.3) is 0 Å².